The van der Waals surface area contributed by atoms with Crippen LogP contribution in [0.4, 0.5) is 11.4 Å². The minimum Gasteiger partial charge on any atom is -0.495 e. The van der Waals surface area contributed by atoms with E-state index in [4.69, 9.17) is 17.0 Å². The highest BCUT2D eigenvalue weighted by Crippen LogP contribution is 2.32. The summed E-state index contributed by atoms with van der Waals surface area (Å²) >= 11 is 12.0. The Kier molecular flexibility index (Phi) is 7.97. The van der Waals surface area contributed by atoms with Crippen LogP contribution in [0.15, 0.2) is 45.3 Å². The van der Waals surface area contributed by atoms with Gasteiger partial charge in [-0.1, -0.05) is 35.8 Å². The van der Waals surface area contributed by atoms with Crippen molar-refractivity contribution >= 4 is 72.4 Å². The summed E-state index contributed by atoms with van der Waals surface area (Å²) in [6.45, 7) is 3.63. The van der Waals surface area contributed by atoms with Gasteiger partial charge in [-0.15, -0.1) is 0 Å². The van der Waals surface area contributed by atoms with Crippen molar-refractivity contribution < 1.29 is 14.3 Å². The third-order valence-corrected chi connectivity index (χ3v) is 4.85. The van der Waals surface area contributed by atoms with Gasteiger partial charge in [0.25, 0.3) is 5.91 Å². The van der Waals surface area contributed by atoms with Crippen LogP contribution in [0.2, 0.25) is 0 Å². The fourth-order valence-corrected chi connectivity index (χ4v) is 3.83. The summed E-state index contributed by atoms with van der Waals surface area (Å²) in [5, 5.41) is 8.49. The summed E-state index contributed by atoms with van der Waals surface area (Å²) in [7, 11) is 1.48. The van der Waals surface area contributed by atoms with Gasteiger partial charge in [-0.2, -0.15) is 0 Å². The average molecular weight is 529 g/mol. The molecule has 3 N–H and O–H groups in total. The van der Waals surface area contributed by atoms with Crippen LogP contribution in [-0.2, 0) is 4.79 Å². The largest absolute Gasteiger partial charge is 0.495 e. The van der Waals surface area contributed by atoms with Gasteiger partial charge in [0.2, 0.25) is 5.91 Å². The van der Waals surface area contributed by atoms with Crippen LogP contribution in [0, 0.1) is 5.92 Å². The van der Waals surface area contributed by atoms with Crippen LogP contribution in [0.1, 0.15) is 24.2 Å². The van der Waals surface area contributed by atoms with Gasteiger partial charge < -0.3 is 15.4 Å². The zero-order valence-electron chi connectivity index (χ0n) is 15.4. The van der Waals surface area contributed by atoms with Crippen LogP contribution in [0.3, 0.4) is 0 Å². The number of methoxy groups -OCH3 is 1. The molecule has 2 aromatic carbocycles. The lowest BCUT2D eigenvalue weighted by Crippen LogP contribution is -2.34. The molecule has 0 heterocycles. The van der Waals surface area contributed by atoms with E-state index in [0.29, 0.717) is 27.2 Å². The fraction of sp³-hybridized carbons (Fsp3) is 0.211. The first-order chi connectivity index (χ1) is 13.2. The first-order valence-corrected chi connectivity index (χ1v) is 10.3. The SMILES string of the molecule is COc1c(Br)cc(Br)cc1C(=O)NC(=S)Nc1cccc(NC(=O)C(C)C)c1. The van der Waals surface area contributed by atoms with Crippen LogP contribution >= 0.6 is 44.1 Å². The highest BCUT2D eigenvalue weighted by molar-refractivity contribution is 9.11. The van der Waals surface area contributed by atoms with Crippen molar-refractivity contribution in [1.29, 1.82) is 0 Å². The van der Waals surface area contributed by atoms with Gasteiger partial charge in [-0.25, -0.2) is 0 Å². The van der Waals surface area contributed by atoms with E-state index in [9.17, 15) is 9.59 Å². The van der Waals surface area contributed by atoms with E-state index < -0.39 is 5.91 Å². The van der Waals surface area contributed by atoms with Crippen molar-refractivity contribution in [1.82, 2.24) is 5.32 Å². The smallest absolute Gasteiger partial charge is 0.261 e. The molecule has 6 nitrogen and oxygen atoms in total. The lowest BCUT2D eigenvalue weighted by molar-refractivity contribution is -0.118. The zero-order valence-corrected chi connectivity index (χ0v) is 19.4. The lowest BCUT2D eigenvalue weighted by Gasteiger charge is -2.14. The van der Waals surface area contributed by atoms with Crippen molar-refractivity contribution in [3.63, 3.8) is 0 Å². The Bertz CT molecular complexity index is 919. The quantitative estimate of drug-likeness (QED) is 0.479. The Morgan fingerprint density at radius 1 is 1.07 bits per heavy atom. The second-order valence-electron chi connectivity index (χ2n) is 6.10. The van der Waals surface area contributed by atoms with Crippen LogP contribution < -0.4 is 20.7 Å². The standard InChI is InChI=1S/C19H19Br2N3O3S/c1-10(2)17(25)22-12-5-4-6-13(9-12)23-19(28)24-18(26)14-7-11(20)8-15(21)16(14)27-3/h4-10H,1-3H3,(H,22,25)(H2,23,24,26,28). The van der Waals surface area contributed by atoms with E-state index in [2.05, 4.69) is 47.8 Å². The van der Waals surface area contributed by atoms with Crippen molar-refractivity contribution in [3.8, 4) is 5.75 Å². The summed E-state index contributed by atoms with van der Waals surface area (Å²) in [4.78, 5) is 24.4. The number of hydrogen-bond donors (Lipinski definition) is 3. The molecule has 0 atom stereocenters. The Labute approximate surface area is 185 Å². The number of benzene rings is 2. The van der Waals surface area contributed by atoms with Crippen LogP contribution in [0.5, 0.6) is 5.75 Å². The predicted octanol–water partition coefficient (Wildman–Crippen LogP) is 4.94. The molecule has 0 fully saturated rings. The summed E-state index contributed by atoms with van der Waals surface area (Å²) in [5.74, 6) is -0.223. The topological polar surface area (TPSA) is 79.5 Å². The predicted molar refractivity (Wildman–Crippen MR) is 122 cm³/mol. The first kappa shape index (κ1) is 22.3. The van der Waals surface area contributed by atoms with Gasteiger partial charge in [0.05, 0.1) is 17.1 Å². The number of carbonyl (C=O) groups is 2. The molecule has 0 bridgehead atoms. The Hall–Kier alpha value is -1.97. The maximum Gasteiger partial charge on any atom is 0.261 e. The molecule has 9 heteroatoms. The number of amides is 2. The molecule has 2 aromatic rings. The van der Waals surface area contributed by atoms with Crippen molar-refractivity contribution in [3.05, 3.63) is 50.9 Å². The van der Waals surface area contributed by atoms with E-state index in [-0.39, 0.29) is 16.9 Å². The van der Waals surface area contributed by atoms with E-state index in [1.807, 2.05) is 13.8 Å². The molecule has 0 aliphatic carbocycles. The normalized spacial score (nSPS) is 10.4. The van der Waals surface area contributed by atoms with Crippen LogP contribution in [-0.4, -0.2) is 24.0 Å². The highest BCUT2D eigenvalue weighted by atomic mass is 79.9. The van der Waals surface area contributed by atoms with Crippen molar-refractivity contribution in [2.75, 3.05) is 17.7 Å². The maximum atomic E-state index is 12.6. The number of anilines is 2. The maximum absolute atomic E-state index is 12.6. The Morgan fingerprint density at radius 3 is 2.32 bits per heavy atom. The molecule has 0 spiro atoms. The van der Waals surface area contributed by atoms with E-state index >= 15 is 0 Å². The highest BCUT2D eigenvalue weighted by Gasteiger charge is 2.17. The van der Waals surface area contributed by atoms with E-state index in [0.717, 1.165) is 4.47 Å². The van der Waals surface area contributed by atoms with E-state index in [1.165, 1.54) is 7.11 Å². The number of ether oxygens (including phenoxy) is 1. The molecule has 0 saturated heterocycles. The summed E-state index contributed by atoms with van der Waals surface area (Å²) in [6, 6.07) is 10.5. The van der Waals surface area contributed by atoms with Gasteiger partial charge in [0.15, 0.2) is 5.11 Å². The van der Waals surface area contributed by atoms with Crippen molar-refractivity contribution in [2.24, 2.45) is 5.92 Å². The first-order valence-electron chi connectivity index (χ1n) is 8.27. The molecule has 28 heavy (non-hydrogen) atoms. The lowest BCUT2D eigenvalue weighted by atomic mass is 10.2. The summed E-state index contributed by atoms with van der Waals surface area (Å²) in [6.07, 6.45) is 0. The minimum atomic E-state index is -0.416. The van der Waals surface area contributed by atoms with Crippen LogP contribution in [0.25, 0.3) is 0 Å². The number of nitrogens with one attached hydrogen (secondary N) is 3. The van der Waals surface area contributed by atoms with Gasteiger partial charge >= 0.3 is 0 Å². The number of carbonyl (C=O) groups excluding carboxylic acids is 2. The average Bonchev–Trinajstić information content (AvgIpc) is 2.61. The molecule has 0 aromatic heterocycles. The summed E-state index contributed by atoms with van der Waals surface area (Å²) in [5.41, 5.74) is 1.59. The molecule has 0 aliphatic rings. The number of halogens is 2. The zero-order chi connectivity index (χ0) is 20.8. The monoisotopic (exact) mass is 527 g/mol. The fourth-order valence-electron chi connectivity index (χ4n) is 2.23. The van der Waals surface area contributed by atoms with Gasteiger partial charge in [-0.05, 0) is 58.5 Å². The van der Waals surface area contributed by atoms with Gasteiger partial charge in [-0.3, -0.25) is 14.9 Å². The second-order valence-corrected chi connectivity index (χ2v) is 8.28. The molecular weight excluding hydrogens is 510 g/mol. The third-order valence-electron chi connectivity index (χ3n) is 3.60. The molecule has 0 aliphatic heterocycles. The Morgan fingerprint density at radius 2 is 1.71 bits per heavy atom. The van der Waals surface area contributed by atoms with E-state index in [1.54, 1.807) is 36.4 Å². The molecule has 0 radical (unpaired) electrons. The number of rotatable bonds is 5. The molecule has 0 unspecified atom stereocenters. The number of thiocarbonyl (C=S) groups is 1. The minimum absolute atomic E-state index is 0.0830. The molecule has 2 amide bonds. The van der Waals surface area contributed by atoms with Gasteiger partial charge in [0.1, 0.15) is 5.75 Å². The molecule has 148 valence electrons. The second kappa shape index (κ2) is 9.99. The molecule has 2 rings (SSSR count). The third kappa shape index (κ3) is 6.02. The number of hydrogen-bond acceptors (Lipinski definition) is 4. The molecule has 0 saturated carbocycles. The van der Waals surface area contributed by atoms with Crippen molar-refractivity contribution in [2.45, 2.75) is 13.8 Å². The summed E-state index contributed by atoms with van der Waals surface area (Å²) < 4.78 is 6.65. The Balaban J connectivity index is 2.09. The van der Waals surface area contributed by atoms with Gasteiger partial charge in [0, 0.05) is 21.8 Å². The molecular formula is C19H19Br2N3O3S.